The number of carbonyl (C=O) groups is 3. The number of thioether (sulfide) groups is 1. The Labute approximate surface area is 285 Å². The van der Waals surface area contributed by atoms with E-state index in [1.807, 2.05) is 6.07 Å². The lowest BCUT2D eigenvalue weighted by Gasteiger charge is -2.43. The fourth-order valence-corrected chi connectivity index (χ4v) is 11.2. The minimum atomic E-state index is -4.64. The van der Waals surface area contributed by atoms with Crippen molar-refractivity contribution in [3.63, 3.8) is 0 Å². The van der Waals surface area contributed by atoms with E-state index in [0.717, 1.165) is 39.3 Å². The maximum atomic E-state index is 14.0. The van der Waals surface area contributed by atoms with Gasteiger partial charge < -0.3 is 19.8 Å². The number of benzene rings is 3. The van der Waals surface area contributed by atoms with E-state index in [-0.39, 0.29) is 51.3 Å². The Hall–Kier alpha value is -4.56. The summed E-state index contributed by atoms with van der Waals surface area (Å²) in [6.45, 7) is -0.531. The lowest BCUT2D eigenvalue weighted by molar-refractivity contribution is -0.137. The van der Waals surface area contributed by atoms with Gasteiger partial charge in [0.25, 0.3) is 5.91 Å². The number of para-hydroxylation sites is 1. The second-order valence-corrected chi connectivity index (χ2v) is 14.8. The van der Waals surface area contributed by atoms with Gasteiger partial charge in [0.05, 0.1) is 40.9 Å². The van der Waals surface area contributed by atoms with Gasteiger partial charge in [0.15, 0.2) is 6.61 Å². The number of nitrogens with one attached hydrogen (secondary N) is 2. The molecule has 2 saturated carbocycles. The number of ether oxygens (including phenoxy) is 2. The number of anilines is 2. The second-order valence-electron chi connectivity index (χ2n) is 12.6. The number of aromatic amines is 1. The van der Waals surface area contributed by atoms with Crippen molar-refractivity contribution >= 4 is 52.2 Å². The summed E-state index contributed by atoms with van der Waals surface area (Å²) in [6, 6.07) is 18.7. The molecule has 1 aromatic heterocycles. The number of alkyl halides is 3. The molecule has 3 heterocycles. The first kappa shape index (κ1) is 31.7. The maximum Gasteiger partial charge on any atom is 0.418 e. The van der Waals surface area contributed by atoms with E-state index in [2.05, 4.69) is 10.3 Å². The number of imide groups is 1. The van der Waals surface area contributed by atoms with Crippen LogP contribution in [-0.4, -0.2) is 41.7 Å². The third-order valence-corrected chi connectivity index (χ3v) is 12.7. The Balaban J connectivity index is 1.06. The first-order chi connectivity index (χ1) is 23.5. The molecular formula is C35H28F3N3O6S2. The van der Waals surface area contributed by atoms with Crippen LogP contribution in [-0.2, 0) is 20.6 Å². The maximum absolute atomic E-state index is 14.0. The normalized spacial score (nSPS) is 26.7. The van der Waals surface area contributed by atoms with Gasteiger partial charge in [-0.25, -0.2) is 0 Å². The molecule has 4 aromatic rings. The predicted octanol–water partition coefficient (Wildman–Crippen LogP) is 6.16. The summed E-state index contributed by atoms with van der Waals surface area (Å²) in [7, 11) is 1.55. The fourth-order valence-electron chi connectivity index (χ4n) is 8.35. The zero-order valence-electron chi connectivity index (χ0n) is 25.7. The molecule has 3 amide bonds. The molecule has 2 N–H and O–H groups in total. The number of halogens is 3. The quantitative estimate of drug-likeness (QED) is 0.221. The molecule has 2 aliphatic carbocycles. The predicted molar refractivity (Wildman–Crippen MR) is 176 cm³/mol. The zero-order chi connectivity index (χ0) is 34.2. The Bertz CT molecular complexity index is 2050. The molecule has 0 spiro atoms. The highest BCUT2D eigenvalue weighted by Gasteiger charge is 2.69. The van der Waals surface area contributed by atoms with E-state index >= 15 is 0 Å². The number of thiazole rings is 1. The van der Waals surface area contributed by atoms with Crippen LogP contribution in [0.1, 0.15) is 28.3 Å². The number of H-pyrrole nitrogens is 1. The van der Waals surface area contributed by atoms with Crippen molar-refractivity contribution < 1.29 is 37.0 Å². The minimum absolute atomic E-state index is 0.0226. The van der Waals surface area contributed by atoms with Gasteiger partial charge in [-0.15, -0.1) is 11.8 Å². The summed E-state index contributed by atoms with van der Waals surface area (Å²) in [6.07, 6.45) is -3.92. The molecule has 9 nitrogen and oxygen atoms in total. The fraction of sp³-hybridized carbons (Fsp3) is 0.314. The Kier molecular flexibility index (Phi) is 7.63. The molecule has 3 fully saturated rings. The average molecular weight is 708 g/mol. The summed E-state index contributed by atoms with van der Waals surface area (Å²) in [5.74, 6) is -1.65. The molecule has 14 heteroatoms. The highest BCUT2D eigenvalue weighted by molar-refractivity contribution is 8.00. The van der Waals surface area contributed by atoms with Crippen LogP contribution in [0.3, 0.4) is 0 Å². The van der Waals surface area contributed by atoms with Gasteiger partial charge >= 0.3 is 11.0 Å². The van der Waals surface area contributed by atoms with E-state index in [1.165, 1.54) is 23.1 Å². The lowest BCUT2D eigenvalue weighted by Crippen LogP contribution is -2.42. The highest BCUT2D eigenvalue weighted by atomic mass is 32.2. The molecule has 49 heavy (non-hydrogen) atoms. The molecule has 252 valence electrons. The number of aromatic nitrogens is 1. The smallest absolute Gasteiger partial charge is 0.418 e. The molecule has 4 aliphatic rings. The number of hydrogen-bond donors (Lipinski definition) is 2. The van der Waals surface area contributed by atoms with E-state index in [1.54, 1.807) is 61.3 Å². The van der Waals surface area contributed by atoms with Crippen molar-refractivity contribution in [1.82, 2.24) is 4.98 Å². The number of fused-ring (bicyclic) bond motifs is 9. The third kappa shape index (κ3) is 5.23. The average Bonchev–Trinajstić information content (AvgIpc) is 3.82. The van der Waals surface area contributed by atoms with Crippen LogP contribution in [0.25, 0.3) is 0 Å². The zero-order valence-corrected chi connectivity index (χ0v) is 27.4. The molecule has 0 radical (unpaired) electrons. The summed E-state index contributed by atoms with van der Waals surface area (Å²) < 4.78 is 51.3. The number of carbonyl (C=O) groups excluding carboxylic acids is 3. The first-order valence-corrected chi connectivity index (χ1v) is 17.3. The lowest BCUT2D eigenvalue weighted by atomic mass is 9.68. The van der Waals surface area contributed by atoms with Crippen molar-refractivity contribution in [2.24, 2.45) is 29.6 Å². The van der Waals surface area contributed by atoms with Gasteiger partial charge in [-0.3, -0.25) is 24.1 Å². The molecule has 7 atom stereocenters. The van der Waals surface area contributed by atoms with E-state index < -0.39 is 36.1 Å². The standard InChI is InChI=1S/C35H28F3N3O6S2/c1-46-18-11-9-17(10-12-18)41-32(43)27-20-14-21(28(27)33(41)44)29-26(20)25(30-31(48-29)40-34(45)49-30)16-5-4-6-19(13-16)47-15-24(42)39-23-8-3-2-7-22(23)35(36,37)38/h2-13,20-21,25-29H,14-15H2,1H3,(H,39,42)(H,40,45)/t20-,21-,25-,26?,27?,28?,29?/m1/s1. The third-order valence-electron chi connectivity index (χ3n) is 10.1. The summed E-state index contributed by atoms with van der Waals surface area (Å²) in [5.41, 5.74) is 0.00751. The van der Waals surface area contributed by atoms with Crippen molar-refractivity contribution in [3.8, 4) is 11.5 Å². The van der Waals surface area contributed by atoms with Crippen LogP contribution in [0.2, 0.25) is 0 Å². The van der Waals surface area contributed by atoms with Gasteiger partial charge in [0.2, 0.25) is 11.8 Å². The van der Waals surface area contributed by atoms with Crippen LogP contribution in [0.4, 0.5) is 24.5 Å². The summed E-state index contributed by atoms with van der Waals surface area (Å²) in [4.78, 5) is 58.1. The second kappa shape index (κ2) is 11.8. The molecule has 3 aromatic carbocycles. The number of amides is 3. The van der Waals surface area contributed by atoms with Crippen LogP contribution in [0.15, 0.2) is 82.6 Å². The van der Waals surface area contributed by atoms with Gasteiger partial charge in [-0.1, -0.05) is 35.6 Å². The number of hydrogen-bond acceptors (Lipinski definition) is 8. The molecule has 4 unspecified atom stereocenters. The van der Waals surface area contributed by atoms with E-state index in [9.17, 15) is 32.3 Å². The van der Waals surface area contributed by atoms with Crippen LogP contribution in [0.5, 0.6) is 11.5 Å². The van der Waals surface area contributed by atoms with Gasteiger partial charge in [0.1, 0.15) is 11.5 Å². The van der Waals surface area contributed by atoms with Crippen molar-refractivity contribution in [2.45, 2.75) is 28.8 Å². The molecule has 8 rings (SSSR count). The van der Waals surface area contributed by atoms with Crippen LogP contribution in [0, 0.1) is 29.6 Å². The first-order valence-electron chi connectivity index (χ1n) is 15.6. The number of rotatable bonds is 7. The Morgan fingerprint density at radius 2 is 1.69 bits per heavy atom. The molecule has 2 aliphatic heterocycles. The largest absolute Gasteiger partial charge is 0.497 e. The topological polar surface area (TPSA) is 118 Å². The molecular weight excluding hydrogens is 680 g/mol. The Morgan fingerprint density at radius 3 is 2.43 bits per heavy atom. The monoisotopic (exact) mass is 707 g/mol. The Morgan fingerprint density at radius 1 is 0.959 bits per heavy atom. The van der Waals surface area contributed by atoms with Gasteiger partial charge in [0, 0.05) is 16.0 Å². The summed E-state index contributed by atoms with van der Waals surface area (Å²) in [5, 5.41) is 3.02. The number of nitrogens with zero attached hydrogens (tertiary/aromatic N) is 1. The highest BCUT2D eigenvalue weighted by Crippen LogP contribution is 2.68. The van der Waals surface area contributed by atoms with Crippen molar-refractivity contribution in [2.75, 3.05) is 23.9 Å². The number of methoxy groups -OCH3 is 1. The van der Waals surface area contributed by atoms with Gasteiger partial charge in [-0.05, 0) is 78.3 Å². The van der Waals surface area contributed by atoms with E-state index in [4.69, 9.17) is 9.47 Å². The van der Waals surface area contributed by atoms with E-state index in [0.29, 0.717) is 17.2 Å². The molecule has 2 bridgehead atoms. The minimum Gasteiger partial charge on any atom is -0.497 e. The van der Waals surface area contributed by atoms with Gasteiger partial charge in [-0.2, -0.15) is 13.2 Å². The van der Waals surface area contributed by atoms with Crippen LogP contribution >= 0.6 is 23.1 Å². The summed E-state index contributed by atoms with van der Waals surface area (Å²) >= 11 is 2.70. The molecule has 1 saturated heterocycles. The van der Waals surface area contributed by atoms with Crippen molar-refractivity contribution in [1.29, 1.82) is 0 Å². The van der Waals surface area contributed by atoms with Crippen molar-refractivity contribution in [3.05, 3.63) is 98.5 Å². The van der Waals surface area contributed by atoms with Crippen LogP contribution < -0.4 is 24.6 Å². The SMILES string of the molecule is COc1ccc(N2C(=O)C3C(C2=O)[C@@H]2C[C@H]3C3Sc4[nH]c(=O)sc4[C@H](c4cccc(OCC(=O)Nc5ccccc5C(F)(F)F)c4)C32)cc1.